The molecule has 140 valence electrons. The Kier molecular flexibility index (Phi) is 5.45. The Labute approximate surface area is 140 Å². The molecule has 0 radical (unpaired) electrons. The predicted octanol–water partition coefficient (Wildman–Crippen LogP) is 1.94. The van der Waals surface area contributed by atoms with E-state index in [-0.39, 0.29) is 6.42 Å². The second-order valence-electron chi connectivity index (χ2n) is 5.95. The third-order valence-electron chi connectivity index (χ3n) is 4.32. The molecule has 1 spiro atoms. The van der Waals surface area contributed by atoms with Crippen molar-refractivity contribution >= 4 is 11.8 Å². The Bertz CT molecular complexity index is 599. The highest BCUT2D eigenvalue weighted by Gasteiger charge is 2.57. The molecule has 2 aliphatic heterocycles. The topological polar surface area (TPSA) is 78.3 Å². The first-order chi connectivity index (χ1) is 11.6. The number of carboxylic acids is 1. The van der Waals surface area contributed by atoms with Crippen molar-refractivity contribution in [2.24, 2.45) is 5.41 Å². The van der Waals surface area contributed by atoms with Crippen molar-refractivity contribution in [2.45, 2.75) is 24.9 Å². The van der Waals surface area contributed by atoms with E-state index in [9.17, 15) is 22.0 Å². The number of piperidine rings is 1. The van der Waals surface area contributed by atoms with Crippen LogP contribution in [0.25, 0.3) is 0 Å². The Balaban J connectivity index is 0.000000277. The largest absolute Gasteiger partial charge is 0.490 e. The van der Waals surface area contributed by atoms with Gasteiger partial charge < -0.3 is 15.3 Å². The molecule has 11 heteroatoms. The lowest BCUT2D eigenvalue weighted by Gasteiger charge is -2.41. The maximum atomic E-state index is 14.2. The second-order valence-corrected chi connectivity index (χ2v) is 5.95. The monoisotopic (exact) mass is 368 g/mol. The van der Waals surface area contributed by atoms with E-state index in [1.165, 1.54) is 0 Å². The molecule has 0 aliphatic carbocycles. The fraction of sp³-hybridized carbons (Fsp3) is 0.643. The van der Waals surface area contributed by atoms with Gasteiger partial charge in [-0.3, -0.25) is 4.98 Å². The minimum Gasteiger partial charge on any atom is -0.475 e. The maximum absolute atomic E-state index is 14.2. The second kappa shape index (κ2) is 7.06. The van der Waals surface area contributed by atoms with E-state index in [2.05, 4.69) is 15.3 Å². The van der Waals surface area contributed by atoms with Gasteiger partial charge in [0.25, 0.3) is 5.92 Å². The molecular weight excluding hydrogens is 351 g/mol. The predicted molar refractivity (Wildman–Crippen MR) is 77.4 cm³/mol. The van der Waals surface area contributed by atoms with E-state index in [0.717, 1.165) is 0 Å². The molecule has 1 aromatic heterocycles. The summed E-state index contributed by atoms with van der Waals surface area (Å²) in [4.78, 5) is 19.0. The number of halogens is 5. The highest BCUT2D eigenvalue weighted by atomic mass is 19.4. The van der Waals surface area contributed by atoms with Gasteiger partial charge in [-0.2, -0.15) is 13.2 Å². The van der Waals surface area contributed by atoms with E-state index >= 15 is 0 Å². The standard InChI is InChI=1S/C12H16F2N4.C2HF3O2/c13-12(14)1-3-16-8-11(12)2-6-18(9-11)10-7-15-4-5-17-10;3-2(4,5)1(6)7/h4-5,7,16H,1-3,6,8-9H2;(H,6,7). The number of alkyl halides is 5. The van der Waals surface area contributed by atoms with Gasteiger partial charge in [0, 0.05) is 45.0 Å². The molecule has 6 nitrogen and oxygen atoms in total. The lowest BCUT2D eigenvalue weighted by atomic mass is 9.76. The summed E-state index contributed by atoms with van der Waals surface area (Å²) in [6.07, 6.45) is 0.169. The summed E-state index contributed by atoms with van der Waals surface area (Å²) >= 11 is 0. The van der Waals surface area contributed by atoms with Crippen molar-refractivity contribution in [3.63, 3.8) is 0 Å². The summed E-state index contributed by atoms with van der Waals surface area (Å²) in [5, 5.41) is 10.2. The van der Waals surface area contributed by atoms with E-state index in [0.29, 0.717) is 38.4 Å². The molecule has 0 aromatic carbocycles. The van der Waals surface area contributed by atoms with Crippen LogP contribution in [0.4, 0.5) is 27.8 Å². The van der Waals surface area contributed by atoms with Crippen molar-refractivity contribution < 1.29 is 31.9 Å². The van der Waals surface area contributed by atoms with Gasteiger partial charge in [-0.05, 0) is 6.42 Å². The van der Waals surface area contributed by atoms with Crippen LogP contribution in [0.2, 0.25) is 0 Å². The smallest absolute Gasteiger partial charge is 0.475 e. The third kappa shape index (κ3) is 4.33. The molecule has 1 unspecified atom stereocenters. The van der Waals surface area contributed by atoms with Crippen molar-refractivity contribution in [3.05, 3.63) is 18.6 Å². The molecule has 2 aliphatic rings. The van der Waals surface area contributed by atoms with Crippen LogP contribution >= 0.6 is 0 Å². The van der Waals surface area contributed by atoms with Crippen molar-refractivity contribution in [2.75, 3.05) is 31.1 Å². The highest BCUT2D eigenvalue weighted by Crippen LogP contribution is 2.48. The van der Waals surface area contributed by atoms with Gasteiger partial charge in [0.15, 0.2) is 0 Å². The fourth-order valence-electron chi connectivity index (χ4n) is 2.93. The zero-order chi connectivity index (χ0) is 18.7. The molecule has 0 bridgehead atoms. The molecule has 3 heterocycles. The third-order valence-corrected chi connectivity index (χ3v) is 4.32. The number of anilines is 1. The van der Waals surface area contributed by atoms with E-state index in [1.807, 2.05) is 4.90 Å². The number of aromatic nitrogens is 2. The molecule has 3 rings (SSSR count). The van der Waals surface area contributed by atoms with Crippen LogP contribution in [0.3, 0.4) is 0 Å². The van der Waals surface area contributed by atoms with Gasteiger partial charge in [-0.25, -0.2) is 18.6 Å². The zero-order valence-electron chi connectivity index (χ0n) is 13.1. The molecule has 0 amide bonds. The average molecular weight is 368 g/mol. The Morgan fingerprint density at radius 1 is 1.28 bits per heavy atom. The molecular formula is C14H17F5N4O2. The van der Waals surface area contributed by atoms with Gasteiger partial charge >= 0.3 is 12.1 Å². The van der Waals surface area contributed by atoms with Crippen molar-refractivity contribution in [1.29, 1.82) is 0 Å². The maximum Gasteiger partial charge on any atom is 0.490 e. The van der Waals surface area contributed by atoms with Crippen LogP contribution in [0.15, 0.2) is 18.6 Å². The molecule has 2 N–H and O–H groups in total. The van der Waals surface area contributed by atoms with E-state index < -0.39 is 23.5 Å². The van der Waals surface area contributed by atoms with Crippen LogP contribution in [-0.4, -0.2) is 59.3 Å². The summed E-state index contributed by atoms with van der Waals surface area (Å²) in [5.74, 6) is -4.65. The zero-order valence-corrected chi connectivity index (χ0v) is 13.1. The van der Waals surface area contributed by atoms with Crippen molar-refractivity contribution in [3.8, 4) is 0 Å². The lowest BCUT2D eigenvalue weighted by Crippen LogP contribution is -2.55. The molecule has 2 fully saturated rings. The number of nitrogens with zero attached hydrogens (tertiary/aromatic N) is 3. The summed E-state index contributed by atoms with van der Waals surface area (Å²) in [5.41, 5.74) is -0.942. The number of aliphatic carboxylic acids is 1. The van der Waals surface area contributed by atoms with Crippen LogP contribution in [0.5, 0.6) is 0 Å². The first kappa shape index (κ1) is 19.3. The SMILES string of the molecule is FC1(F)CCNCC12CCN(c1cnccn1)C2.O=C(O)C(F)(F)F. The van der Waals surface area contributed by atoms with Crippen LogP contribution in [0.1, 0.15) is 12.8 Å². The Morgan fingerprint density at radius 2 is 1.96 bits per heavy atom. The van der Waals surface area contributed by atoms with Gasteiger partial charge in [0.05, 0.1) is 11.6 Å². The molecule has 25 heavy (non-hydrogen) atoms. The lowest BCUT2D eigenvalue weighted by molar-refractivity contribution is -0.192. The molecule has 2 saturated heterocycles. The normalized spacial score (nSPS) is 25.4. The van der Waals surface area contributed by atoms with Gasteiger partial charge in [0.1, 0.15) is 5.82 Å². The van der Waals surface area contributed by atoms with Gasteiger partial charge in [0.2, 0.25) is 0 Å². The quantitative estimate of drug-likeness (QED) is 0.738. The van der Waals surface area contributed by atoms with Gasteiger partial charge in [-0.15, -0.1) is 0 Å². The summed E-state index contributed by atoms with van der Waals surface area (Å²) in [6, 6.07) is 0. The highest BCUT2D eigenvalue weighted by molar-refractivity contribution is 5.73. The number of hydrogen-bond donors (Lipinski definition) is 2. The minimum atomic E-state index is -5.08. The van der Waals surface area contributed by atoms with Crippen LogP contribution in [-0.2, 0) is 4.79 Å². The Morgan fingerprint density at radius 3 is 2.48 bits per heavy atom. The van der Waals surface area contributed by atoms with E-state index in [1.54, 1.807) is 18.6 Å². The Hall–Kier alpha value is -2.04. The number of rotatable bonds is 1. The summed E-state index contributed by atoms with van der Waals surface area (Å²) in [6.45, 7) is 1.76. The van der Waals surface area contributed by atoms with E-state index in [4.69, 9.17) is 9.90 Å². The molecule has 0 saturated carbocycles. The number of carboxylic acid groups (broad SMARTS) is 1. The first-order valence-electron chi connectivity index (χ1n) is 7.47. The number of nitrogens with one attached hydrogen (secondary N) is 1. The average Bonchev–Trinajstić information content (AvgIpc) is 2.97. The van der Waals surface area contributed by atoms with Crippen LogP contribution < -0.4 is 10.2 Å². The molecule has 1 atom stereocenters. The first-order valence-corrected chi connectivity index (χ1v) is 7.47. The number of carbonyl (C=O) groups is 1. The summed E-state index contributed by atoms with van der Waals surface area (Å²) < 4.78 is 60.0. The number of hydrogen-bond acceptors (Lipinski definition) is 5. The molecule has 1 aromatic rings. The summed E-state index contributed by atoms with van der Waals surface area (Å²) in [7, 11) is 0. The van der Waals surface area contributed by atoms with Gasteiger partial charge in [-0.1, -0.05) is 0 Å². The van der Waals surface area contributed by atoms with Crippen LogP contribution in [0, 0.1) is 5.41 Å². The fourth-order valence-corrected chi connectivity index (χ4v) is 2.93. The minimum absolute atomic E-state index is 0.0681. The van der Waals surface area contributed by atoms with Crippen molar-refractivity contribution in [1.82, 2.24) is 15.3 Å².